The Kier molecular flexibility index (Phi) is 9.84. The lowest BCUT2D eigenvalue weighted by molar-refractivity contribution is -0.139. The second-order valence-electron chi connectivity index (χ2n) is 8.34. The van der Waals surface area contributed by atoms with Gasteiger partial charge in [-0.15, -0.1) is 0 Å². The van der Waals surface area contributed by atoms with E-state index < -0.39 is 34.4 Å². The van der Waals surface area contributed by atoms with Gasteiger partial charge in [0.15, 0.2) is 0 Å². The van der Waals surface area contributed by atoms with Crippen LogP contribution >= 0.6 is 34.8 Å². The van der Waals surface area contributed by atoms with Crippen molar-refractivity contribution in [2.24, 2.45) is 0 Å². The number of sulfonamides is 1. The van der Waals surface area contributed by atoms with Crippen LogP contribution in [0.5, 0.6) is 0 Å². The van der Waals surface area contributed by atoms with Crippen LogP contribution < -0.4 is 9.62 Å². The number of carbonyl (C=O) groups excluding carboxylic acids is 2. The van der Waals surface area contributed by atoms with Crippen molar-refractivity contribution < 1.29 is 18.0 Å². The summed E-state index contributed by atoms with van der Waals surface area (Å²) in [5, 5.41) is 3.48. The van der Waals surface area contributed by atoms with Gasteiger partial charge >= 0.3 is 0 Å². The predicted molar refractivity (Wildman–Crippen MR) is 149 cm³/mol. The Morgan fingerprint density at radius 1 is 0.892 bits per heavy atom. The maximum Gasteiger partial charge on any atom is 0.244 e. The van der Waals surface area contributed by atoms with Gasteiger partial charge < -0.3 is 10.2 Å². The number of amides is 2. The Bertz CT molecular complexity index is 1370. The Morgan fingerprint density at radius 2 is 1.54 bits per heavy atom. The van der Waals surface area contributed by atoms with Crippen LogP contribution in [-0.2, 0) is 32.6 Å². The Hall–Kier alpha value is -2.78. The lowest BCUT2D eigenvalue weighted by Crippen LogP contribution is -2.52. The van der Waals surface area contributed by atoms with E-state index >= 15 is 0 Å². The minimum Gasteiger partial charge on any atom is -0.357 e. The first-order chi connectivity index (χ1) is 17.5. The third kappa shape index (κ3) is 7.85. The fourth-order valence-electron chi connectivity index (χ4n) is 3.83. The van der Waals surface area contributed by atoms with Gasteiger partial charge in [0.2, 0.25) is 21.8 Å². The number of carbonyl (C=O) groups is 2. The molecule has 1 N–H and O–H groups in total. The highest BCUT2D eigenvalue weighted by Gasteiger charge is 2.33. The fourth-order valence-corrected chi connectivity index (χ4v) is 5.47. The average Bonchev–Trinajstić information content (AvgIpc) is 2.84. The van der Waals surface area contributed by atoms with Crippen molar-refractivity contribution in [3.63, 3.8) is 0 Å². The number of halogens is 3. The fraction of sp³-hybridized carbons (Fsp3) is 0.231. The molecule has 3 aromatic carbocycles. The van der Waals surface area contributed by atoms with E-state index in [0.717, 1.165) is 16.1 Å². The smallest absolute Gasteiger partial charge is 0.244 e. The summed E-state index contributed by atoms with van der Waals surface area (Å²) in [6, 6.07) is 19.5. The lowest BCUT2D eigenvalue weighted by atomic mass is 10.0. The van der Waals surface area contributed by atoms with Gasteiger partial charge in [-0.2, -0.15) is 0 Å². The molecule has 11 heteroatoms. The maximum atomic E-state index is 13.8. The van der Waals surface area contributed by atoms with Gasteiger partial charge in [-0.05, 0) is 41.5 Å². The molecular weight excluding hydrogens is 557 g/mol. The standard InChI is InChI=1S/C26H26Cl3N3O4S/c1-30-26(34)24(14-18-7-4-3-5-8-18)31(16-19-9-6-10-20(27)13-19)25(33)17-32(37(2,35)36)23-12-11-21(28)15-22(23)29/h3-13,15,24H,14,16-17H2,1-2H3,(H,30,34)/t24-/m0/s1. The molecule has 0 radical (unpaired) electrons. The molecule has 2 amide bonds. The van der Waals surface area contributed by atoms with E-state index in [0.29, 0.717) is 15.6 Å². The molecule has 3 aromatic rings. The van der Waals surface area contributed by atoms with E-state index in [1.165, 1.54) is 30.1 Å². The number of hydrogen-bond donors (Lipinski definition) is 1. The highest BCUT2D eigenvalue weighted by molar-refractivity contribution is 7.92. The summed E-state index contributed by atoms with van der Waals surface area (Å²) in [6.07, 6.45) is 1.19. The first kappa shape index (κ1) is 28.8. The third-order valence-corrected chi connectivity index (χ3v) is 7.52. The van der Waals surface area contributed by atoms with Crippen molar-refractivity contribution in [3.05, 3.63) is 99.0 Å². The SMILES string of the molecule is CNC(=O)[C@H](Cc1ccccc1)N(Cc1cccc(Cl)c1)C(=O)CN(c1ccc(Cl)cc1Cl)S(C)(=O)=O. The minimum atomic E-state index is -3.94. The van der Waals surface area contributed by atoms with Crippen LogP contribution in [0.25, 0.3) is 0 Å². The van der Waals surface area contributed by atoms with Gasteiger partial charge in [0, 0.05) is 30.1 Å². The first-order valence-electron chi connectivity index (χ1n) is 11.2. The number of benzene rings is 3. The van der Waals surface area contributed by atoms with Crippen LogP contribution in [0.15, 0.2) is 72.8 Å². The number of anilines is 1. The number of hydrogen-bond acceptors (Lipinski definition) is 4. The van der Waals surface area contributed by atoms with Crippen molar-refractivity contribution in [2.45, 2.75) is 19.0 Å². The van der Waals surface area contributed by atoms with E-state index in [4.69, 9.17) is 34.8 Å². The molecule has 0 spiro atoms. The van der Waals surface area contributed by atoms with Crippen LogP contribution in [0.1, 0.15) is 11.1 Å². The summed E-state index contributed by atoms with van der Waals surface area (Å²) >= 11 is 18.4. The van der Waals surface area contributed by atoms with Crippen LogP contribution in [0.2, 0.25) is 15.1 Å². The van der Waals surface area contributed by atoms with Gasteiger partial charge in [0.05, 0.1) is 17.0 Å². The van der Waals surface area contributed by atoms with E-state index in [-0.39, 0.29) is 23.7 Å². The van der Waals surface area contributed by atoms with Crippen LogP contribution in [0, 0.1) is 0 Å². The molecule has 0 aromatic heterocycles. The highest BCUT2D eigenvalue weighted by atomic mass is 35.5. The number of likely N-dealkylation sites (N-methyl/N-ethyl adjacent to an activating group) is 1. The van der Waals surface area contributed by atoms with Crippen molar-refractivity contribution in [1.82, 2.24) is 10.2 Å². The molecule has 0 saturated heterocycles. The van der Waals surface area contributed by atoms with Crippen molar-refractivity contribution in [3.8, 4) is 0 Å². The van der Waals surface area contributed by atoms with Crippen molar-refractivity contribution in [2.75, 3.05) is 24.2 Å². The summed E-state index contributed by atoms with van der Waals surface area (Å²) in [4.78, 5) is 28.3. The highest BCUT2D eigenvalue weighted by Crippen LogP contribution is 2.30. The molecule has 0 aliphatic rings. The van der Waals surface area contributed by atoms with Crippen LogP contribution in [0.3, 0.4) is 0 Å². The van der Waals surface area contributed by atoms with E-state index in [1.54, 1.807) is 24.3 Å². The topological polar surface area (TPSA) is 86.8 Å². The summed E-state index contributed by atoms with van der Waals surface area (Å²) in [6.45, 7) is -0.556. The molecule has 1 atom stereocenters. The summed E-state index contributed by atoms with van der Waals surface area (Å²) in [5.41, 5.74) is 1.61. The molecule has 0 unspecified atom stereocenters. The molecule has 0 heterocycles. The number of nitrogens with one attached hydrogen (secondary N) is 1. The van der Waals surface area contributed by atoms with Gasteiger partial charge in [0.25, 0.3) is 0 Å². The van der Waals surface area contributed by atoms with Crippen molar-refractivity contribution in [1.29, 1.82) is 0 Å². The van der Waals surface area contributed by atoms with Gasteiger partial charge in [-0.25, -0.2) is 8.42 Å². The summed E-state index contributed by atoms with van der Waals surface area (Å²) < 4.78 is 26.4. The molecule has 0 fully saturated rings. The van der Waals surface area contributed by atoms with Gasteiger partial charge in [-0.3, -0.25) is 13.9 Å². The van der Waals surface area contributed by atoms with E-state index in [9.17, 15) is 18.0 Å². The zero-order chi connectivity index (χ0) is 27.2. The quantitative estimate of drug-likeness (QED) is 0.372. The average molecular weight is 583 g/mol. The normalized spacial score (nSPS) is 12.0. The second-order valence-corrected chi connectivity index (χ2v) is 11.5. The molecule has 3 rings (SSSR count). The maximum absolute atomic E-state index is 13.8. The molecule has 0 aliphatic heterocycles. The number of rotatable bonds is 10. The van der Waals surface area contributed by atoms with E-state index in [2.05, 4.69) is 5.32 Å². The molecule has 37 heavy (non-hydrogen) atoms. The third-order valence-electron chi connectivity index (χ3n) is 5.62. The van der Waals surface area contributed by atoms with Crippen LogP contribution in [-0.4, -0.2) is 51.0 Å². The predicted octanol–water partition coefficient (Wildman–Crippen LogP) is 4.80. The molecule has 0 saturated carbocycles. The second kappa shape index (κ2) is 12.6. The van der Waals surface area contributed by atoms with Crippen LogP contribution in [0.4, 0.5) is 5.69 Å². The monoisotopic (exact) mass is 581 g/mol. The summed E-state index contributed by atoms with van der Waals surface area (Å²) in [7, 11) is -2.45. The van der Waals surface area contributed by atoms with Gasteiger partial charge in [0.1, 0.15) is 12.6 Å². The molecular formula is C26H26Cl3N3O4S. The molecule has 7 nitrogen and oxygen atoms in total. The summed E-state index contributed by atoms with van der Waals surface area (Å²) in [5.74, 6) is -0.990. The molecule has 0 aliphatic carbocycles. The van der Waals surface area contributed by atoms with E-state index in [1.807, 2.05) is 30.3 Å². The number of nitrogens with zero attached hydrogens (tertiary/aromatic N) is 2. The largest absolute Gasteiger partial charge is 0.357 e. The molecule has 0 bridgehead atoms. The minimum absolute atomic E-state index is 0.0241. The molecule has 196 valence electrons. The van der Waals surface area contributed by atoms with Gasteiger partial charge in [-0.1, -0.05) is 77.3 Å². The zero-order valence-corrected chi connectivity index (χ0v) is 23.3. The Labute approximate surface area is 232 Å². The lowest BCUT2D eigenvalue weighted by Gasteiger charge is -2.33. The zero-order valence-electron chi connectivity index (χ0n) is 20.2. The Morgan fingerprint density at radius 3 is 2.14 bits per heavy atom. The first-order valence-corrected chi connectivity index (χ1v) is 14.2. The Balaban J connectivity index is 2.05. The van der Waals surface area contributed by atoms with Crippen molar-refractivity contribution >= 4 is 62.3 Å².